The molecule has 0 unspecified atom stereocenters. The van der Waals surface area contributed by atoms with E-state index in [1.165, 1.54) is 0 Å². The lowest BCUT2D eigenvalue weighted by Gasteiger charge is -2.00. The Morgan fingerprint density at radius 1 is 1.47 bits per heavy atom. The predicted molar refractivity (Wildman–Crippen MR) is 62.4 cm³/mol. The van der Waals surface area contributed by atoms with Gasteiger partial charge in [0.25, 0.3) is 0 Å². The van der Waals surface area contributed by atoms with Gasteiger partial charge in [0.15, 0.2) is 6.10 Å². The van der Waals surface area contributed by atoms with Gasteiger partial charge in [0.2, 0.25) is 6.54 Å². The fraction of sp³-hybridized carbons (Fsp3) is 0.333. The number of benzene rings is 1. The van der Waals surface area contributed by atoms with Crippen molar-refractivity contribution < 1.29 is 14.4 Å². The molecular weight excluding hydrogens is 222 g/mol. The molecule has 0 spiro atoms. The number of hydrogen-bond donors (Lipinski definition) is 1. The summed E-state index contributed by atoms with van der Waals surface area (Å²) in [6.07, 6.45) is -0.300. The minimum absolute atomic E-state index is 0.241. The molecule has 1 aromatic heterocycles. The van der Waals surface area contributed by atoms with Gasteiger partial charge in [-0.2, -0.15) is 0 Å². The van der Waals surface area contributed by atoms with Crippen LogP contribution in [-0.4, -0.2) is 16.6 Å². The summed E-state index contributed by atoms with van der Waals surface area (Å²) in [5.41, 5.74) is 1.78. The van der Waals surface area contributed by atoms with Crippen molar-refractivity contribution >= 4 is 11.0 Å². The summed E-state index contributed by atoms with van der Waals surface area (Å²) in [7, 11) is 0. The molecule has 1 aromatic carbocycles. The van der Waals surface area contributed by atoms with Gasteiger partial charge in [0, 0.05) is 10.3 Å². The summed E-state index contributed by atoms with van der Waals surface area (Å²) in [5, 5.41) is 20.7. The number of rotatable bonds is 4. The number of aliphatic hydroxyl groups is 1. The Morgan fingerprint density at radius 2 is 2.24 bits per heavy atom. The van der Waals surface area contributed by atoms with Gasteiger partial charge in [-0.1, -0.05) is 19.1 Å². The van der Waals surface area contributed by atoms with E-state index in [1.54, 1.807) is 6.07 Å². The summed E-state index contributed by atoms with van der Waals surface area (Å²) in [6.45, 7) is 1.49. The van der Waals surface area contributed by atoms with E-state index in [0.717, 1.165) is 17.4 Å². The second-order valence-corrected chi connectivity index (χ2v) is 3.91. The highest BCUT2D eigenvalue weighted by atomic mass is 16.6. The molecule has 0 aliphatic rings. The number of aryl methyl sites for hydroxylation is 1. The van der Waals surface area contributed by atoms with Crippen molar-refractivity contribution in [1.29, 1.82) is 0 Å². The highest BCUT2D eigenvalue weighted by Crippen LogP contribution is 2.25. The van der Waals surface area contributed by atoms with Crippen LogP contribution >= 0.6 is 0 Å². The van der Waals surface area contributed by atoms with Gasteiger partial charge in [0.05, 0.1) is 0 Å². The van der Waals surface area contributed by atoms with Crippen molar-refractivity contribution in [2.75, 3.05) is 6.54 Å². The average Bonchev–Trinajstić information content (AvgIpc) is 2.70. The van der Waals surface area contributed by atoms with Gasteiger partial charge in [-0.15, -0.1) is 0 Å². The predicted octanol–water partition coefficient (Wildman–Crippen LogP) is 2.31. The van der Waals surface area contributed by atoms with Crippen LogP contribution in [0.15, 0.2) is 28.7 Å². The van der Waals surface area contributed by atoms with Crippen LogP contribution in [0, 0.1) is 10.1 Å². The van der Waals surface area contributed by atoms with E-state index >= 15 is 0 Å². The largest absolute Gasteiger partial charge is 0.458 e. The Labute approximate surface area is 97.8 Å². The molecule has 1 N–H and O–H groups in total. The van der Waals surface area contributed by atoms with Crippen molar-refractivity contribution in [1.82, 2.24) is 0 Å². The molecular formula is C12H13NO4. The van der Waals surface area contributed by atoms with Crippen LogP contribution in [-0.2, 0) is 6.42 Å². The van der Waals surface area contributed by atoms with Crippen molar-refractivity contribution in [3.05, 3.63) is 45.7 Å². The van der Waals surface area contributed by atoms with Crippen LogP contribution in [0.5, 0.6) is 0 Å². The van der Waals surface area contributed by atoms with Crippen LogP contribution < -0.4 is 0 Å². The molecule has 0 bridgehead atoms. The maximum atomic E-state index is 10.3. The average molecular weight is 235 g/mol. The summed E-state index contributed by atoms with van der Waals surface area (Å²) in [4.78, 5) is 9.74. The highest BCUT2D eigenvalue weighted by molar-refractivity contribution is 5.78. The molecule has 0 aliphatic carbocycles. The third-order valence-electron chi connectivity index (χ3n) is 2.66. The minimum atomic E-state index is -1.19. The molecule has 2 aromatic rings. The molecule has 17 heavy (non-hydrogen) atoms. The van der Waals surface area contributed by atoms with E-state index in [1.807, 2.05) is 25.1 Å². The zero-order valence-corrected chi connectivity index (χ0v) is 9.42. The molecule has 0 saturated heterocycles. The monoisotopic (exact) mass is 235 g/mol. The van der Waals surface area contributed by atoms with Gasteiger partial charge in [-0.25, -0.2) is 0 Å². The summed E-state index contributed by atoms with van der Waals surface area (Å²) in [5.74, 6) is 0.241. The fourth-order valence-corrected chi connectivity index (χ4v) is 1.71. The lowest BCUT2D eigenvalue weighted by atomic mass is 10.1. The van der Waals surface area contributed by atoms with Crippen LogP contribution in [0.4, 0.5) is 0 Å². The van der Waals surface area contributed by atoms with E-state index in [2.05, 4.69) is 0 Å². The van der Waals surface area contributed by atoms with E-state index in [-0.39, 0.29) is 5.76 Å². The molecule has 90 valence electrons. The molecule has 0 saturated carbocycles. The number of furan rings is 1. The minimum Gasteiger partial charge on any atom is -0.458 e. The Bertz CT molecular complexity index is 546. The number of nitrogens with zero attached hydrogens (tertiary/aromatic N) is 1. The molecule has 5 heteroatoms. The topological polar surface area (TPSA) is 76.5 Å². The Hall–Kier alpha value is -1.88. The summed E-state index contributed by atoms with van der Waals surface area (Å²) in [6, 6.07) is 7.39. The third-order valence-corrected chi connectivity index (χ3v) is 2.66. The van der Waals surface area contributed by atoms with Gasteiger partial charge < -0.3 is 9.52 Å². The second-order valence-electron chi connectivity index (χ2n) is 3.91. The van der Waals surface area contributed by atoms with Gasteiger partial charge in [0.1, 0.15) is 11.3 Å². The fourth-order valence-electron chi connectivity index (χ4n) is 1.71. The van der Waals surface area contributed by atoms with Crippen molar-refractivity contribution in [3.8, 4) is 0 Å². The standard InChI is InChI=1S/C12H13NO4/c1-2-8-3-4-9-6-12(17-11(9)5-8)10(14)7-13(15)16/h3-6,10,14H,2,7H2,1H3/t10-/m0/s1. The number of hydrogen-bond acceptors (Lipinski definition) is 4. The zero-order valence-electron chi connectivity index (χ0n) is 9.42. The first-order valence-electron chi connectivity index (χ1n) is 5.42. The summed E-state index contributed by atoms with van der Waals surface area (Å²) < 4.78 is 5.42. The van der Waals surface area contributed by atoms with E-state index in [0.29, 0.717) is 5.58 Å². The van der Waals surface area contributed by atoms with Crippen LogP contribution in [0.1, 0.15) is 24.4 Å². The Balaban J connectivity index is 2.33. The number of nitro groups is 1. The van der Waals surface area contributed by atoms with Crippen LogP contribution in [0.25, 0.3) is 11.0 Å². The number of aliphatic hydroxyl groups excluding tert-OH is 1. The second kappa shape index (κ2) is 4.55. The quantitative estimate of drug-likeness (QED) is 0.651. The van der Waals surface area contributed by atoms with Crippen molar-refractivity contribution in [2.24, 2.45) is 0 Å². The highest BCUT2D eigenvalue weighted by Gasteiger charge is 2.18. The van der Waals surface area contributed by atoms with Crippen molar-refractivity contribution in [2.45, 2.75) is 19.4 Å². The van der Waals surface area contributed by atoms with Crippen LogP contribution in [0.2, 0.25) is 0 Å². The normalized spacial score (nSPS) is 12.8. The van der Waals surface area contributed by atoms with Crippen molar-refractivity contribution in [3.63, 3.8) is 0 Å². The molecule has 5 nitrogen and oxygen atoms in total. The summed E-state index contributed by atoms with van der Waals surface area (Å²) >= 11 is 0. The van der Waals surface area contributed by atoms with E-state index < -0.39 is 17.6 Å². The lowest BCUT2D eigenvalue weighted by Crippen LogP contribution is -2.10. The molecule has 0 radical (unpaired) electrons. The molecule has 0 aliphatic heterocycles. The maximum absolute atomic E-state index is 10.3. The first kappa shape index (κ1) is 11.6. The first-order chi connectivity index (χ1) is 8.10. The first-order valence-corrected chi connectivity index (χ1v) is 5.42. The molecule has 1 atom stereocenters. The third kappa shape index (κ3) is 2.45. The molecule has 0 fully saturated rings. The Morgan fingerprint density at radius 3 is 2.88 bits per heavy atom. The van der Waals surface area contributed by atoms with Gasteiger partial charge in [-0.3, -0.25) is 10.1 Å². The lowest BCUT2D eigenvalue weighted by molar-refractivity contribution is -0.492. The molecule has 2 rings (SSSR count). The molecule has 1 heterocycles. The molecule has 0 amide bonds. The number of fused-ring (bicyclic) bond motifs is 1. The SMILES string of the molecule is CCc1ccc2cc([C@@H](O)C[N+](=O)[O-])oc2c1. The van der Waals surface area contributed by atoms with Crippen LogP contribution in [0.3, 0.4) is 0 Å². The smallest absolute Gasteiger partial charge is 0.236 e. The van der Waals surface area contributed by atoms with Gasteiger partial charge in [-0.05, 0) is 24.1 Å². The van der Waals surface area contributed by atoms with E-state index in [4.69, 9.17) is 4.42 Å². The Kier molecular flexibility index (Phi) is 3.10. The van der Waals surface area contributed by atoms with E-state index in [9.17, 15) is 15.2 Å². The zero-order chi connectivity index (χ0) is 12.4. The van der Waals surface area contributed by atoms with Gasteiger partial charge >= 0.3 is 0 Å². The maximum Gasteiger partial charge on any atom is 0.236 e.